The second kappa shape index (κ2) is 11.7. The van der Waals surface area contributed by atoms with E-state index in [1.54, 1.807) is 36.5 Å². The molecule has 6 rings (SSSR count). The lowest BCUT2D eigenvalue weighted by molar-refractivity contribution is -0.384. The minimum Gasteiger partial charge on any atom is -0.367 e. The van der Waals surface area contributed by atoms with Crippen molar-refractivity contribution in [3.63, 3.8) is 0 Å². The first-order valence-electron chi connectivity index (χ1n) is 13.2. The van der Waals surface area contributed by atoms with Crippen LogP contribution in [0.3, 0.4) is 0 Å². The van der Waals surface area contributed by atoms with Crippen LogP contribution >= 0.6 is 0 Å². The van der Waals surface area contributed by atoms with Gasteiger partial charge in [0.05, 0.1) is 27.7 Å². The summed E-state index contributed by atoms with van der Waals surface area (Å²) in [5.41, 5.74) is 5.68. The quantitative estimate of drug-likeness (QED) is 0.166. The van der Waals surface area contributed by atoms with Crippen molar-refractivity contribution >= 4 is 40.5 Å². The van der Waals surface area contributed by atoms with Crippen molar-refractivity contribution in [1.29, 1.82) is 0 Å². The van der Waals surface area contributed by atoms with Crippen molar-refractivity contribution < 1.29 is 9.72 Å². The number of fused-ring (bicyclic) bond motifs is 1. The molecular weight excluding hydrogens is 534 g/mol. The topological polar surface area (TPSA) is 151 Å². The fourth-order valence-corrected chi connectivity index (χ4v) is 4.64. The number of nitro groups is 1. The maximum absolute atomic E-state index is 12.7. The van der Waals surface area contributed by atoms with Gasteiger partial charge in [0.2, 0.25) is 5.95 Å². The van der Waals surface area contributed by atoms with E-state index in [0.717, 1.165) is 29.1 Å². The van der Waals surface area contributed by atoms with Gasteiger partial charge in [0.25, 0.3) is 5.69 Å². The molecule has 42 heavy (non-hydrogen) atoms. The second-order valence-corrected chi connectivity index (χ2v) is 9.53. The summed E-state index contributed by atoms with van der Waals surface area (Å²) in [6.07, 6.45) is 2.47. The molecule has 1 aliphatic heterocycles. The highest BCUT2D eigenvalue weighted by Gasteiger charge is 2.20. The van der Waals surface area contributed by atoms with Crippen molar-refractivity contribution in [2.75, 3.05) is 27.4 Å². The van der Waals surface area contributed by atoms with E-state index >= 15 is 0 Å². The zero-order valence-electron chi connectivity index (χ0n) is 22.3. The predicted octanol–water partition coefficient (Wildman–Crippen LogP) is 5.79. The van der Waals surface area contributed by atoms with Crippen molar-refractivity contribution in [3.8, 4) is 11.3 Å². The maximum atomic E-state index is 12.7. The molecule has 0 unspecified atom stereocenters. The predicted molar refractivity (Wildman–Crippen MR) is 160 cm³/mol. The highest BCUT2D eigenvalue weighted by Crippen LogP contribution is 2.28. The molecule has 1 aliphatic rings. The number of nitrogens with zero attached hydrogens (tertiary/aromatic N) is 6. The third-order valence-corrected chi connectivity index (χ3v) is 6.76. The fourth-order valence-electron chi connectivity index (χ4n) is 4.64. The van der Waals surface area contributed by atoms with Crippen LogP contribution in [0, 0.1) is 10.1 Å². The monoisotopic (exact) mass is 559 g/mol. The third kappa shape index (κ3) is 5.97. The average molecular weight is 560 g/mol. The van der Waals surface area contributed by atoms with Gasteiger partial charge in [-0.25, -0.2) is 14.8 Å². The number of urea groups is 1. The normalized spacial score (nSPS) is 12.2. The van der Waals surface area contributed by atoms with E-state index in [4.69, 9.17) is 4.98 Å². The molecule has 2 aromatic heterocycles. The third-order valence-electron chi connectivity index (χ3n) is 6.76. The number of aromatic nitrogens is 4. The van der Waals surface area contributed by atoms with Crippen LogP contribution in [-0.2, 0) is 13.0 Å². The van der Waals surface area contributed by atoms with Crippen LogP contribution in [0.25, 0.3) is 11.3 Å². The van der Waals surface area contributed by atoms with Gasteiger partial charge in [-0.05, 0) is 36.4 Å². The van der Waals surface area contributed by atoms with Crippen LogP contribution in [0.15, 0.2) is 97.2 Å². The summed E-state index contributed by atoms with van der Waals surface area (Å²) in [5, 5.41) is 28.0. The van der Waals surface area contributed by atoms with Gasteiger partial charge in [0.15, 0.2) is 5.82 Å². The van der Waals surface area contributed by atoms with E-state index in [9.17, 15) is 14.9 Å². The Labute approximate surface area is 240 Å². The molecule has 12 nitrogen and oxygen atoms in total. The molecular formula is C30H25N9O3. The standard InChI is InChI=1S/C30H25N9O3/c40-30(35-28-15-14-25(36-37-28)20-6-2-1-3-7-20)34-27-9-5-4-8-26(27)33-29-31-18-21-19-38(17-16-24(21)32-29)22-10-12-23(13-11-22)39(41)42/h1-15,18H,16-17,19H2,(H,31,32,33)(H2,34,35,37,40). The molecule has 3 N–H and O–H groups in total. The minimum atomic E-state index is -0.469. The Morgan fingerprint density at radius 2 is 1.62 bits per heavy atom. The fraction of sp³-hybridized carbons (Fsp3) is 0.100. The molecule has 0 bridgehead atoms. The molecule has 5 aromatic rings. The Hall–Kier alpha value is -5.91. The Balaban J connectivity index is 1.09. The smallest absolute Gasteiger partial charge is 0.324 e. The summed E-state index contributed by atoms with van der Waals surface area (Å²) in [6.45, 7) is 1.32. The SMILES string of the molecule is O=C(Nc1ccc(-c2ccccc2)nn1)Nc1ccccc1Nc1ncc2c(n1)CCN(c1ccc([N+](=O)[O-])cc1)C2. The van der Waals surface area contributed by atoms with Crippen molar-refractivity contribution in [1.82, 2.24) is 20.2 Å². The molecule has 0 aliphatic carbocycles. The van der Waals surface area contributed by atoms with Crippen LogP contribution in [0.4, 0.5) is 39.3 Å². The number of hydrogen-bond donors (Lipinski definition) is 3. The number of amides is 2. The molecule has 0 fully saturated rings. The number of benzene rings is 3. The van der Waals surface area contributed by atoms with E-state index in [2.05, 4.69) is 36.0 Å². The molecule has 2 amide bonds. The minimum absolute atomic E-state index is 0.0635. The molecule has 3 aromatic carbocycles. The number of anilines is 5. The van der Waals surface area contributed by atoms with E-state index in [1.807, 2.05) is 48.5 Å². The lowest BCUT2D eigenvalue weighted by atomic mass is 10.1. The highest BCUT2D eigenvalue weighted by atomic mass is 16.6. The number of nitro benzene ring substituents is 1. The van der Waals surface area contributed by atoms with Crippen molar-refractivity contribution in [3.05, 3.63) is 119 Å². The first-order chi connectivity index (χ1) is 20.5. The van der Waals surface area contributed by atoms with E-state index in [1.165, 1.54) is 12.1 Å². The number of non-ortho nitro benzene ring substituents is 1. The first-order valence-corrected chi connectivity index (χ1v) is 13.2. The maximum Gasteiger partial charge on any atom is 0.324 e. The Kier molecular flexibility index (Phi) is 7.32. The summed E-state index contributed by atoms with van der Waals surface area (Å²) < 4.78 is 0. The molecule has 208 valence electrons. The largest absolute Gasteiger partial charge is 0.367 e. The second-order valence-electron chi connectivity index (χ2n) is 9.53. The Morgan fingerprint density at radius 3 is 2.36 bits per heavy atom. The molecule has 0 radical (unpaired) electrons. The summed E-state index contributed by atoms with van der Waals surface area (Å²) in [6, 6.07) is 26.5. The average Bonchev–Trinajstić information content (AvgIpc) is 3.02. The van der Waals surface area contributed by atoms with Crippen LogP contribution in [-0.4, -0.2) is 37.7 Å². The van der Waals surface area contributed by atoms with E-state index in [0.29, 0.717) is 41.8 Å². The highest BCUT2D eigenvalue weighted by molar-refractivity contribution is 6.01. The van der Waals surface area contributed by atoms with Gasteiger partial charge in [-0.15, -0.1) is 10.2 Å². The van der Waals surface area contributed by atoms with Gasteiger partial charge in [-0.3, -0.25) is 15.4 Å². The summed E-state index contributed by atoms with van der Waals surface area (Å²) >= 11 is 0. The van der Waals surface area contributed by atoms with Gasteiger partial charge in [0.1, 0.15) is 0 Å². The van der Waals surface area contributed by atoms with Gasteiger partial charge in [-0.2, -0.15) is 0 Å². The van der Waals surface area contributed by atoms with Crippen LogP contribution in [0.2, 0.25) is 0 Å². The summed E-state index contributed by atoms with van der Waals surface area (Å²) in [4.78, 5) is 34.6. The van der Waals surface area contributed by atoms with Crippen LogP contribution < -0.4 is 20.9 Å². The lowest BCUT2D eigenvalue weighted by Gasteiger charge is -2.30. The van der Waals surface area contributed by atoms with Gasteiger partial charge in [-0.1, -0.05) is 42.5 Å². The molecule has 0 spiro atoms. The van der Waals surface area contributed by atoms with Gasteiger partial charge >= 0.3 is 6.03 Å². The summed E-state index contributed by atoms with van der Waals surface area (Å²) in [5.74, 6) is 0.730. The number of para-hydroxylation sites is 2. The molecule has 3 heterocycles. The van der Waals surface area contributed by atoms with E-state index < -0.39 is 11.0 Å². The number of hydrogen-bond acceptors (Lipinski definition) is 9. The zero-order chi connectivity index (χ0) is 28.9. The van der Waals surface area contributed by atoms with E-state index in [-0.39, 0.29) is 5.69 Å². The van der Waals surface area contributed by atoms with Crippen molar-refractivity contribution in [2.45, 2.75) is 13.0 Å². The molecule has 0 saturated carbocycles. The van der Waals surface area contributed by atoms with Crippen LogP contribution in [0.1, 0.15) is 11.3 Å². The lowest BCUT2D eigenvalue weighted by Crippen LogP contribution is -2.31. The molecule has 0 atom stereocenters. The van der Waals surface area contributed by atoms with Crippen molar-refractivity contribution in [2.24, 2.45) is 0 Å². The number of carbonyl (C=O) groups is 1. The number of nitrogens with one attached hydrogen (secondary N) is 3. The zero-order valence-corrected chi connectivity index (χ0v) is 22.3. The Morgan fingerprint density at radius 1 is 0.857 bits per heavy atom. The van der Waals surface area contributed by atoms with Gasteiger partial charge in [0, 0.05) is 54.7 Å². The number of rotatable bonds is 7. The molecule has 0 saturated heterocycles. The summed E-state index contributed by atoms with van der Waals surface area (Å²) in [7, 11) is 0. The number of carbonyl (C=O) groups excluding carboxylic acids is 1. The first kappa shape index (κ1) is 26.3. The van der Waals surface area contributed by atoms with Crippen LogP contribution in [0.5, 0.6) is 0 Å². The molecule has 12 heteroatoms. The van der Waals surface area contributed by atoms with Gasteiger partial charge < -0.3 is 15.5 Å². The Bertz CT molecular complexity index is 1730.